The highest BCUT2D eigenvalue weighted by molar-refractivity contribution is 5.79. The van der Waals surface area contributed by atoms with Crippen molar-refractivity contribution in [3.63, 3.8) is 0 Å². The molecular formula is C33H40N2O12. The van der Waals surface area contributed by atoms with Gasteiger partial charge in [0.25, 0.3) is 0 Å². The van der Waals surface area contributed by atoms with Gasteiger partial charge in [-0.05, 0) is 38.1 Å². The molecule has 5 aliphatic rings. The van der Waals surface area contributed by atoms with E-state index in [0.29, 0.717) is 11.5 Å². The fourth-order valence-corrected chi connectivity index (χ4v) is 8.33. The van der Waals surface area contributed by atoms with E-state index >= 15 is 0 Å². The lowest BCUT2D eigenvalue weighted by atomic mass is 9.53. The third-order valence-corrected chi connectivity index (χ3v) is 10.1. The lowest BCUT2D eigenvalue weighted by Gasteiger charge is -2.57. The van der Waals surface area contributed by atoms with Crippen LogP contribution in [0.2, 0.25) is 0 Å². The van der Waals surface area contributed by atoms with Gasteiger partial charge < -0.3 is 43.4 Å². The summed E-state index contributed by atoms with van der Waals surface area (Å²) in [5, 5.41) is 3.08. The number of hydrogen-bond acceptors (Lipinski definition) is 13. The van der Waals surface area contributed by atoms with Gasteiger partial charge in [0.05, 0.1) is 26.7 Å². The summed E-state index contributed by atoms with van der Waals surface area (Å²) in [6.45, 7) is 4.21. The lowest BCUT2D eigenvalue weighted by Crippen LogP contribution is -2.67. The molecule has 2 aliphatic carbocycles. The first-order valence-corrected chi connectivity index (χ1v) is 15.7. The lowest BCUT2D eigenvalue weighted by molar-refractivity contribution is -0.248. The van der Waals surface area contributed by atoms with Gasteiger partial charge in [-0.2, -0.15) is 0 Å². The number of amides is 1. The number of carbonyl (C=O) groups is 5. The predicted molar refractivity (Wildman–Crippen MR) is 160 cm³/mol. The van der Waals surface area contributed by atoms with E-state index in [0.717, 1.165) is 52.8 Å². The molecule has 6 rings (SSSR count). The number of carbonyl (C=O) groups excluding carboxylic acids is 5. The number of piperidine rings is 1. The van der Waals surface area contributed by atoms with Crippen molar-refractivity contribution in [1.82, 2.24) is 10.2 Å². The summed E-state index contributed by atoms with van der Waals surface area (Å²) in [6, 6.07) is 3.76. The first-order valence-electron chi connectivity index (χ1n) is 15.7. The van der Waals surface area contributed by atoms with Gasteiger partial charge in [-0.1, -0.05) is 18.2 Å². The van der Waals surface area contributed by atoms with Crippen molar-refractivity contribution < 1.29 is 57.1 Å². The molecule has 2 saturated heterocycles. The normalized spacial score (nSPS) is 34.6. The van der Waals surface area contributed by atoms with Crippen LogP contribution in [-0.4, -0.2) is 111 Å². The van der Waals surface area contributed by atoms with E-state index in [1.54, 1.807) is 7.11 Å². The van der Waals surface area contributed by atoms with Crippen molar-refractivity contribution >= 4 is 29.8 Å². The van der Waals surface area contributed by atoms with Crippen molar-refractivity contribution in [3.05, 3.63) is 35.4 Å². The van der Waals surface area contributed by atoms with Crippen LogP contribution in [0.1, 0.15) is 44.7 Å². The zero-order chi connectivity index (χ0) is 33.8. The molecule has 3 heterocycles. The molecule has 2 fully saturated rings. The number of methoxy groups -OCH3 is 2. The molecule has 0 radical (unpaired) electrons. The van der Waals surface area contributed by atoms with E-state index in [9.17, 15) is 24.0 Å². The first kappa shape index (κ1) is 32.8. The molecule has 6 unspecified atom stereocenters. The van der Waals surface area contributed by atoms with Crippen LogP contribution in [-0.2, 0) is 59.5 Å². The Morgan fingerprint density at radius 1 is 0.957 bits per heavy atom. The third kappa shape index (κ3) is 5.50. The molecule has 1 amide bonds. The van der Waals surface area contributed by atoms with Gasteiger partial charge in [-0.25, -0.2) is 4.79 Å². The van der Waals surface area contributed by atoms with Gasteiger partial charge >= 0.3 is 23.9 Å². The number of rotatable bonds is 8. The smallest absolute Gasteiger partial charge is 0.339 e. The number of likely N-dealkylation sites (tertiary alicyclic amines) is 1. The molecule has 1 aromatic rings. The zero-order valence-electron chi connectivity index (χ0n) is 27.2. The minimum Gasteiger partial charge on any atom is -0.493 e. The number of likely N-dealkylation sites (N-methyl/N-ethyl adjacent to an activating group) is 1. The van der Waals surface area contributed by atoms with E-state index in [-0.39, 0.29) is 17.4 Å². The van der Waals surface area contributed by atoms with Crippen LogP contribution >= 0.6 is 0 Å². The summed E-state index contributed by atoms with van der Waals surface area (Å²) in [7, 11) is 4.86. The SMILES string of the molecule is COC(=O)[C@@H]1OC(CC(=O)NC2C=CC3C4Cc5ccc(OC)c6c5C3(CCN4C)C2O6)[C@@H](OC(C)=O)[C@H](OC(C)=O)[C@H]1OC(C)=O. The molecule has 14 heteroatoms. The topological polar surface area (TPSA) is 165 Å². The van der Waals surface area contributed by atoms with Crippen LogP contribution in [0.4, 0.5) is 0 Å². The second kappa shape index (κ2) is 12.5. The van der Waals surface area contributed by atoms with Crippen LogP contribution in [0.15, 0.2) is 24.3 Å². The number of nitrogens with one attached hydrogen (secondary N) is 1. The molecule has 14 nitrogen and oxygen atoms in total. The predicted octanol–water partition coefficient (Wildman–Crippen LogP) is 0.751. The standard InChI is InChI=1S/C33H40N2O12/c1-15(36)43-27-23(46-30(32(40)42-6)29(45-17(3)38)28(27)44-16(2)37)14-24(39)34-20-9-8-19-21-13-18-7-10-22(41-5)26-25(18)33(19,31(20)47-26)11-12-35(21)4/h7-10,19-21,23,27-31H,11-14H2,1-6H3,(H,34,39)/t19?,20?,21?,23?,27-,28+,29-,30-,31?,33?/m1/s1. The fourth-order valence-electron chi connectivity index (χ4n) is 8.33. The second-order valence-corrected chi connectivity index (χ2v) is 12.8. The van der Waals surface area contributed by atoms with E-state index in [1.807, 2.05) is 12.1 Å². The van der Waals surface area contributed by atoms with Gasteiger partial charge in [-0.15, -0.1) is 0 Å². The maximum atomic E-state index is 13.9. The van der Waals surface area contributed by atoms with Gasteiger partial charge in [0.15, 0.2) is 35.9 Å². The van der Waals surface area contributed by atoms with Gasteiger partial charge in [0.1, 0.15) is 12.2 Å². The Balaban J connectivity index is 1.30. The summed E-state index contributed by atoms with van der Waals surface area (Å²) >= 11 is 0. The van der Waals surface area contributed by atoms with Gasteiger partial charge in [-0.3, -0.25) is 19.2 Å². The van der Waals surface area contributed by atoms with Crippen molar-refractivity contribution in [1.29, 1.82) is 0 Å². The van der Waals surface area contributed by atoms with Gasteiger partial charge in [0.2, 0.25) is 5.91 Å². The summed E-state index contributed by atoms with van der Waals surface area (Å²) in [6.07, 6.45) is -2.24. The molecule has 0 aromatic heterocycles. The first-order chi connectivity index (χ1) is 22.4. The van der Waals surface area contributed by atoms with Crippen LogP contribution in [0.5, 0.6) is 11.5 Å². The van der Waals surface area contributed by atoms with Crippen LogP contribution in [0.3, 0.4) is 0 Å². The van der Waals surface area contributed by atoms with Crippen molar-refractivity contribution in [3.8, 4) is 11.5 Å². The summed E-state index contributed by atoms with van der Waals surface area (Å²) in [4.78, 5) is 65.4. The van der Waals surface area contributed by atoms with Crippen molar-refractivity contribution in [2.24, 2.45) is 5.92 Å². The fraction of sp³-hybridized carbons (Fsp3) is 0.606. The van der Waals surface area contributed by atoms with E-state index in [4.69, 9.17) is 33.2 Å². The summed E-state index contributed by atoms with van der Waals surface area (Å²) in [5.41, 5.74) is 1.98. The Bertz CT molecular complexity index is 1510. The molecule has 47 heavy (non-hydrogen) atoms. The molecule has 254 valence electrons. The summed E-state index contributed by atoms with van der Waals surface area (Å²) in [5.74, 6) is -2.29. The average Bonchev–Trinajstić information content (AvgIpc) is 3.37. The number of esters is 4. The molecule has 2 bridgehead atoms. The highest BCUT2D eigenvalue weighted by Crippen LogP contribution is 2.62. The third-order valence-electron chi connectivity index (χ3n) is 10.1. The number of hydrogen-bond donors (Lipinski definition) is 1. The minimum atomic E-state index is -1.58. The number of benzene rings is 1. The van der Waals surface area contributed by atoms with Crippen LogP contribution < -0.4 is 14.8 Å². The van der Waals surface area contributed by atoms with Gasteiger partial charge in [0, 0.05) is 43.7 Å². The highest BCUT2D eigenvalue weighted by atomic mass is 16.7. The number of ether oxygens (including phenoxy) is 7. The Labute approximate surface area is 271 Å². The monoisotopic (exact) mass is 656 g/mol. The highest BCUT2D eigenvalue weighted by Gasteiger charge is 2.64. The molecule has 3 aliphatic heterocycles. The second-order valence-electron chi connectivity index (χ2n) is 12.8. The van der Waals surface area contributed by atoms with E-state index in [2.05, 4.69) is 29.4 Å². The molecule has 0 saturated carbocycles. The maximum absolute atomic E-state index is 13.9. The largest absolute Gasteiger partial charge is 0.493 e. The average molecular weight is 657 g/mol. The summed E-state index contributed by atoms with van der Waals surface area (Å²) < 4.78 is 39.5. The molecule has 1 spiro atoms. The number of nitrogens with zero attached hydrogens (tertiary/aromatic N) is 1. The Hall–Kier alpha value is -4.17. The van der Waals surface area contributed by atoms with Crippen LogP contribution in [0, 0.1) is 5.92 Å². The molecule has 1 aromatic carbocycles. The van der Waals surface area contributed by atoms with Crippen molar-refractivity contribution in [2.45, 2.75) is 94.2 Å². The zero-order valence-corrected chi connectivity index (χ0v) is 27.2. The van der Waals surface area contributed by atoms with Crippen molar-refractivity contribution in [2.75, 3.05) is 27.8 Å². The Morgan fingerprint density at radius 3 is 2.30 bits per heavy atom. The Kier molecular flexibility index (Phi) is 8.68. The minimum absolute atomic E-state index is 0.166. The van der Waals surface area contributed by atoms with E-state index in [1.165, 1.54) is 5.56 Å². The molecule has 1 N–H and O–H groups in total. The van der Waals surface area contributed by atoms with Crippen LogP contribution in [0.25, 0.3) is 0 Å². The van der Waals surface area contributed by atoms with E-state index < -0.39 is 78.9 Å². The molecular weight excluding hydrogens is 616 g/mol. The molecule has 10 atom stereocenters. The quantitative estimate of drug-likeness (QED) is 0.237. The Morgan fingerprint density at radius 2 is 1.64 bits per heavy atom. The maximum Gasteiger partial charge on any atom is 0.339 e.